The molecule has 0 radical (unpaired) electrons. The summed E-state index contributed by atoms with van der Waals surface area (Å²) in [5, 5.41) is 2.52. The molecule has 0 spiro atoms. The monoisotopic (exact) mass is 262 g/mol. The summed E-state index contributed by atoms with van der Waals surface area (Å²) in [6.07, 6.45) is 0. The smallest absolute Gasteiger partial charge is 0.125 e. The molecular weight excluding hydrogens is 244 g/mol. The van der Waals surface area contributed by atoms with E-state index < -0.39 is 0 Å². The minimum atomic E-state index is 0.604. The largest absolute Gasteiger partial charge is 0.488 e. The molecule has 1 heteroatoms. The van der Waals surface area contributed by atoms with Gasteiger partial charge in [0.05, 0.1) is 0 Å². The first kappa shape index (κ1) is 12.7. The van der Waals surface area contributed by atoms with Crippen molar-refractivity contribution in [1.29, 1.82) is 0 Å². The van der Waals surface area contributed by atoms with Crippen LogP contribution in [0.2, 0.25) is 0 Å². The Hall–Kier alpha value is -2.28. The average molecular weight is 262 g/mol. The minimum Gasteiger partial charge on any atom is -0.488 e. The molecule has 0 amide bonds. The fraction of sp³-hybridized carbons (Fsp3) is 0.158. The van der Waals surface area contributed by atoms with Crippen LogP contribution in [0.1, 0.15) is 16.7 Å². The fourth-order valence-corrected chi connectivity index (χ4v) is 2.60. The van der Waals surface area contributed by atoms with E-state index in [2.05, 4.69) is 74.5 Å². The molecular formula is C19H18O. The molecule has 0 heterocycles. The Morgan fingerprint density at radius 1 is 0.750 bits per heavy atom. The molecule has 0 aromatic heterocycles. The van der Waals surface area contributed by atoms with Crippen LogP contribution in [0.4, 0.5) is 0 Å². The maximum atomic E-state index is 6.06. The topological polar surface area (TPSA) is 9.23 Å². The van der Waals surface area contributed by atoms with Crippen LogP contribution in [-0.4, -0.2) is 0 Å². The molecule has 0 unspecified atom stereocenters. The zero-order valence-electron chi connectivity index (χ0n) is 11.9. The maximum absolute atomic E-state index is 6.06. The molecule has 0 aliphatic heterocycles. The number of hydrogen-bond donors (Lipinski definition) is 0. The van der Waals surface area contributed by atoms with Crippen molar-refractivity contribution in [3.8, 4) is 5.75 Å². The van der Waals surface area contributed by atoms with Crippen molar-refractivity contribution in [3.05, 3.63) is 77.4 Å². The zero-order valence-corrected chi connectivity index (χ0v) is 11.9. The Balaban J connectivity index is 1.91. The van der Waals surface area contributed by atoms with Crippen molar-refractivity contribution in [2.45, 2.75) is 20.5 Å². The Bertz CT molecular complexity index is 718. The summed E-state index contributed by atoms with van der Waals surface area (Å²) in [7, 11) is 0. The summed E-state index contributed by atoms with van der Waals surface area (Å²) in [4.78, 5) is 0. The van der Waals surface area contributed by atoms with Gasteiger partial charge in [-0.2, -0.15) is 0 Å². The first-order valence-electron chi connectivity index (χ1n) is 6.91. The van der Waals surface area contributed by atoms with Crippen molar-refractivity contribution >= 4 is 10.8 Å². The van der Waals surface area contributed by atoms with Crippen LogP contribution in [0.3, 0.4) is 0 Å². The van der Waals surface area contributed by atoms with Crippen LogP contribution in [0, 0.1) is 13.8 Å². The van der Waals surface area contributed by atoms with Crippen LogP contribution in [0.25, 0.3) is 10.8 Å². The fourth-order valence-electron chi connectivity index (χ4n) is 2.60. The van der Waals surface area contributed by atoms with Gasteiger partial charge in [0.1, 0.15) is 12.4 Å². The van der Waals surface area contributed by atoms with Gasteiger partial charge in [0.2, 0.25) is 0 Å². The molecule has 0 N–H and O–H groups in total. The highest BCUT2D eigenvalue weighted by atomic mass is 16.5. The highest BCUT2D eigenvalue weighted by Gasteiger charge is 2.05. The normalized spacial score (nSPS) is 10.7. The van der Waals surface area contributed by atoms with Crippen molar-refractivity contribution < 1.29 is 4.74 Å². The number of aryl methyl sites for hydroxylation is 2. The summed E-state index contributed by atoms with van der Waals surface area (Å²) >= 11 is 0. The second kappa shape index (κ2) is 5.38. The van der Waals surface area contributed by atoms with Crippen LogP contribution >= 0.6 is 0 Å². The van der Waals surface area contributed by atoms with Gasteiger partial charge in [-0.3, -0.25) is 0 Å². The summed E-state index contributed by atoms with van der Waals surface area (Å²) in [5.41, 5.74) is 3.60. The maximum Gasteiger partial charge on any atom is 0.125 e. The van der Waals surface area contributed by atoms with Crippen LogP contribution < -0.4 is 4.74 Å². The van der Waals surface area contributed by atoms with Crippen molar-refractivity contribution in [3.63, 3.8) is 0 Å². The number of fused-ring (bicyclic) bond motifs is 1. The van der Waals surface area contributed by atoms with E-state index in [1.165, 1.54) is 27.5 Å². The van der Waals surface area contributed by atoms with E-state index in [9.17, 15) is 0 Å². The van der Waals surface area contributed by atoms with Gasteiger partial charge in [0.15, 0.2) is 0 Å². The predicted octanol–water partition coefficient (Wildman–Crippen LogP) is 5.04. The first-order chi connectivity index (χ1) is 9.75. The molecule has 100 valence electrons. The number of hydrogen-bond acceptors (Lipinski definition) is 1. The van der Waals surface area contributed by atoms with E-state index >= 15 is 0 Å². The molecule has 0 atom stereocenters. The van der Waals surface area contributed by atoms with Crippen molar-refractivity contribution in [2.75, 3.05) is 0 Å². The van der Waals surface area contributed by atoms with E-state index in [0.29, 0.717) is 6.61 Å². The van der Waals surface area contributed by atoms with Gasteiger partial charge in [0, 0.05) is 0 Å². The molecule has 0 aliphatic rings. The molecule has 20 heavy (non-hydrogen) atoms. The zero-order chi connectivity index (χ0) is 13.9. The average Bonchev–Trinajstić information content (AvgIpc) is 2.47. The minimum absolute atomic E-state index is 0.604. The highest BCUT2D eigenvalue weighted by Crippen LogP contribution is 2.25. The molecule has 3 aromatic carbocycles. The van der Waals surface area contributed by atoms with Crippen LogP contribution in [0.5, 0.6) is 5.75 Å². The van der Waals surface area contributed by atoms with Gasteiger partial charge in [0.25, 0.3) is 0 Å². The predicted molar refractivity (Wildman–Crippen MR) is 84.2 cm³/mol. The molecule has 0 saturated heterocycles. The Morgan fingerprint density at radius 2 is 1.40 bits per heavy atom. The third-order valence-corrected chi connectivity index (χ3v) is 3.66. The standard InChI is InChI=1S/C19H18O/c1-14-7-5-8-15(2)19(14)20-13-17-11-6-10-16-9-3-4-12-18(16)17/h3-12H,13H2,1-2H3. The molecule has 3 rings (SSSR count). The van der Waals surface area contributed by atoms with Gasteiger partial charge in [-0.1, -0.05) is 60.7 Å². The third kappa shape index (κ3) is 2.39. The lowest BCUT2D eigenvalue weighted by molar-refractivity contribution is 0.303. The molecule has 0 bridgehead atoms. The van der Waals surface area contributed by atoms with Gasteiger partial charge in [-0.05, 0) is 41.3 Å². The van der Waals surface area contributed by atoms with Crippen molar-refractivity contribution in [1.82, 2.24) is 0 Å². The Labute approximate surface area is 119 Å². The molecule has 0 saturated carbocycles. The SMILES string of the molecule is Cc1cccc(C)c1OCc1cccc2ccccc12. The lowest BCUT2D eigenvalue weighted by atomic mass is 10.1. The first-order valence-corrected chi connectivity index (χ1v) is 6.91. The summed E-state index contributed by atoms with van der Waals surface area (Å²) in [6.45, 7) is 4.78. The van der Waals surface area contributed by atoms with Gasteiger partial charge >= 0.3 is 0 Å². The molecule has 3 aromatic rings. The lowest BCUT2D eigenvalue weighted by Crippen LogP contribution is -1.99. The van der Waals surface area contributed by atoms with E-state index in [1.807, 2.05) is 0 Å². The van der Waals surface area contributed by atoms with Gasteiger partial charge in [-0.25, -0.2) is 0 Å². The molecule has 1 nitrogen and oxygen atoms in total. The van der Waals surface area contributed by atoms with Gasteiger partial charge < -0.3 is 4.74 Å². The van der Waals surface area contributed by atoms with Crippen LogP contribution in [0.15, 0.2) is 60.7 Å². The quantitative estimate of drug-likeness (QED) is 0.643. The van der Waals surface area contributed by atoms with E-state index in [-0.39, 0.29) is 0 Å². The van der Waals surface area contributed by atoms with E-state index in [4.69, 9.17) is 4.74 Å². The van der Waals surface area contributed by atoms with Crippen molar-refractivity contribution in [2.24, 2.45) is 0 Å². The number of para-hydroxylation sites is 1. The van der Waals surface area contributed by atoms with Crippen LogP contribution in [-0.2, 0) is 6.61 Å². The number of ether oxygens (including phenoxy) is 1. The number of benzene rings is 3. The lowest BCUT2D eigenvalue weighted by Gasteiger charge is -2.13. The highest BCUT2D eigenvalue weighted by molar-refractivity contribution is 5.85. The number of rotatable bonds is 3. The summed E-state index contributed by atoms with van der Waals surface area (Å²) < 4.78 is 6.06. The Kier molecular flexibility index (Phi) is 3.42. The van der Waals surface area contributed by atoms with Gasteiger partial charge in [-0.15, -0.1) is 0 Å². The third-order valence-electron chi connectivity index (χ3n) is 3.66. The Morgan fingerprint density at radius 3 is 2.20 bits per heavy atom. The second-order valence-electron chi connectivity index (χ2n) is 5.15. The summed E-state index contributed by atoms with van der Waals surface area (Å²) in [6, 6.07) is 21.0. The molecule has 0 aliphatic carbocycles. The molecule has 0 fully saturated rings. The summed E-state index contributed by atoms with van der Waals surface area (Å²) in [5.74, 6) is 1.00. The second-order valence-corrected chi connectivity index (χ2v) is 5.15. The van der Waals surface area contributed by atoms with E-state index in [0.717, 1.165) is 5.75 Å². The van der Waals surface area contributed by atoms with E-state index in [1.54, 1.807) is 0 Å².